The molecule has 0 aliphatic carbocycles. The molecule has 1 aromatic carbocycles. The molecular formula is C14H22N2O4. The van der Waals surface area contributed by atoms with E-state index in [0.717, 1.165) is 6.42 Å². The molecule has 0 aliphatic heterocycles. The Kier molecular flexibility index (Phi) is 5.76. The minimum atomic E-state index is -0.813. The first-order valence-electron chi connectivity index (χ1n) is 6.77. The van der Waals surface area contributed by atoms with Gasteiger partial charge in [0.2, 0.25) is 0 Å². The van der Waals surface area contributed by atoms with Gasteiger partial charge in [0, 0.05) is 24.4 Å². The lowest BCUT2D eigenvalue weighted by atomic mass is 10.0. The van der Waals surface area contributed by atoms with Crippen LogP contribution in [0.4, 0.5) is 11.4 Å². The van der Waals surface area contributed by atoms with E-state index in [1.165, 1.54) is 6.07 Å². The fourth-order valence-electron chi connectivity index (χ4n) is 1.52. The Morgan fingerprint density at radius 1 is 1.45 bits per heavy atom. The van der Waals surface area contributed by atoms with Gasteiger partial charge in [0.15, 0.2) is 5.75 Å². The van der Waals surface area contributed by atoms with Crippen molar-refractivity contribution in [3.63, 3.8) is 0 Å². The van der Waals surface area contributed by atoms with Crippen molar-refractivity contribution in [3.05, 3.63) is 28.3 Å². The van der Waals surface area contributed by atoms with Crippen LogP contribution >= 0.6 is 0 Å². The number of aliphatic hydroxyl groups is 1. The molecule has 0 amide bonds. The van der Waals surface area contributed by atoms with Gasteiger partial charge in [-0.3, -0.25) is 10.1 Å². The molecule has 0 spiro atoms. The van der Waals surface area contributed by atoms with Crippen LogP contribution in [-0.2, 0) is 0 Å². The number of benzene rings is 1. The first kappa shape index (κ1) is 16.2. The normalized spacial score (nSPS) is 13.6. The number of hydrogen-bond donors (Lipinski definition) is 2. The van der Waals surface area contributed by atoms with E-state index in [-0.39, 0.29) is 11.4 Å². The van der Waals surface area contributed by atoms with Crippen molar-refractivity contribution in [1.82, 2.24) is 0 Å². The number of anilines is 1. The molecule has 20 heavy (non-hydrogen) atoms. The maximum Gasteiger partial charge on any atom is 0.311 e. The van der Waals surface area contributed by atoms with E-state index >= 15 is 0 Å². The van der Waals surface area contributed by atoms with E-state index in [0.29, 0.717) is 25.3 Å². The van der Waals surface area contributed by atoms with Gasteiger partial charge in [-0.25, -0.2) is 0 Å². The zero-order chi connectivity index (χ0) is 15.2. The summed E-state index contributed by atoms with van der Waals surface area (Å²) in [5, 5.41) is 23.9. The van der Waals surface area contributed by atoms with Crippen molar-refractivity contribution in [2.24, 2.45) is 0 Å². The van der Waals surface area contributed by atoms with Gasteiger partial charge in [-0.05, 0) is 25.8 Å². The summed E-state index contributed by atoms with van der Waals surface area (Å²) >= 11 is 0. The zero-order valence-corrected chi connectivity index (χ0v) is 12.2. The highest BCUT2D eigenvalue weighted by Crippen LogP contribution is 2.30. The quantitative estimate of drug-likeness (QED) is 0.565. The second-order valence-electron chi connectivity index (χ2n) is 4.99. The third-order valence-corrected chi connectivity index (χ3v) is 3.05. The third-order valence-electron chi connectivity index (χ3n) is 3.05. The van der Waals surface area contributed by atoms with Gasteiger partial charge in [-0.15, -0.1) is 0 Å². The molecule has 2 N–H and O–H groups in total. The molecule has 1 aromatic rings. The predicted molar refractivity (Wildman–Crippen MR) is 78.3 cm³/mol. The number of nitro benzene ring substituents is 1. The van der Waals surface area contributed by atoms with Crippen molar-refractivity contribution in [2.45, 2.75) is 39.2 Å². The van der Waals surface area contributed by atoms with Gasteiger partial charge in [-0.2, -0.15) is 0 Å². The summed E-state index contributed by atoms with van der Waals surface area (Å²) in [6, 6.07) is 4.62. The summed E-state index contributed by atoms with van der Waals surface area (Å²) in [7, 11) is 0. The van der Waals surface area contributed by atoms with Crippen LogP contribution < -0.4 is 10.1 Å². The topological polar surface area (TPSA) is 84.6 Å². The molecule has 0 saturated carbocycles. The lowest BCUT2D eigenvalue weighted by Gasteiger charge is -2.22. The second-order valence-corrected chi connectivity index (χ2v) is 4.99. The molecule has 0 fully saturated rings. The van der Waals surface area contributed by atoms with E-state index in [4.69, 9.17) is 4.74 Å². The lowest BCUT2D eigenvalue weighted by Crippen LogP contribution is -2.32. The molecule has 6 nitrogen and oxygen atoms in total. The first-order valence-corrected chi connectivity index (χ1v) is 6.77. The summed E-state index contributed by atoms with van der Waals surface area (Å²) in [4.78, 5) is 10.5. The van der Waals surface area contributed by atoms with Crippen LogP contribution in [0.2, 0.25) is 0 Å². The predicted octanol–water partition coefficient (Wildman–Crippen LogP) is 2.96. The van der Waals surface area contributed by atoms with Gasteiger partial charge in [0.25, 0.3) is 0 Å². The van der Waals surface area contributed by atoms with Crippen LogP contribution in [0.3, 0.4) is 0 Å². The maximum atomic E-state index is 10.9. The minimum Gasteiger partial charge on any atom is -0.487 e. The summed E-state index contributed by atoms with van der Waals surface area (Å²) < 4.78 is 5.40. The van der Waals surface area contributed by atoms with E-state index in [9.17, 15) is 15.2 Å². The van der Waals surface area contributed by atoms with Crippen LogP contribution in [0.5, 0.6) is 5.75 Å². The Morgan fingerprint density at radius 2 is 2.15 bits per heavy atom. The molecule has 0 saturated heterocycles. The smallest absolute Gasteiger partial charge is 0.311 e. The SMILES string of the molecule is CCCOc1cc(NCC(C)(O)CC)ccc1[N+](=O)[O-]. The fourth-order valence-corrected chi connectivity index (χ4v) is 1.52. The molecule has 0 aliphatic rings. The Balaban J connectivity index is 2.86. The van der Waals surface area contributed by atoms with E-state index in [1.54, 1.807) is 19.1 Å². The summed E-state index contributed by atoms with van der Waals surface area (Å²) in [5.74, 6) is 0.248. The van der Waals surface area contributed by atoms with E-state index in [1.807, 2.05) is 13.8 Å². The molecule has 0 heterocycles. The number of ether oxygens (including phenoxy) is 1. The number of nitrogens with zero attached hydrogens (tertiary/aromatic N) is 1. The number of nitrogens with one attached hydrogen (secondary N) is 1. The Labute approximate surface area is 118 Å². The van der Waals surface area contributed by atoms with Crippen molar-refractivity contribution in [1.29, 1.82) is 0 Å². The van der Waals surface area contributed by atoms with Crippen LogP contribution in [0.15, 0.2) is 18.2 Å². The Morgan fingerprint density at radius 3 is 2.70 bits per heavy atom. The average molecular weight is 282 g/mol. The van der Waals surface area contributed by atoms with Crippen molar-refractivity contribution in [3.8, 4) is 5.75 Å². The van der Waals surface area contributed by atoms with E-state index < -0.39 is 10.5 Å². The van der Waals surface area contributed by atoms with Crippen molar-refractivity contribution >= 4 is 11.4 Å². The van der Waals surface area contributed by atoms with Gasteiger partial charge in [0.05, 0.1) is 17.1 Å². The maximum absolute atomic E-state index is 10.9. The lowest BCUT2D eigenvalue weighted by molar-refractivity contribution is -0.385. The molecular weight excluding hydrogens is 260 g/mol. The minimum absolute atomic E-state index is 0.0498. The Hall–Kier alpha value is -1.82. The number of hydrogen-bond acceptors (Lipinski definition) is 5. The van der Waals surface area contributed by atoms with Crippen LogP contribution in [0.1, 0.15) is 33.6 Å². The van der Waals surface area contributed by atoms with Gasteiger partial charge in [0.1, 0.15) is 0 Å². The van der Waals surface area contributed by atoms with E-state index in [2.05, 4.69) is 5.32 Å². The monoisotopic (exact) mass is 282 g/mol. The number of nitro groups is 1. The van der Waals surface area contributed by atoms with Crippen LogP contribution in [0, 0.1) is 10.1 Å². The molecule has 1 unspecified atom stereocenters. The average Bonchev–Trinajstić information content (AvgIpc) is 2.42. The zero-order valence-electron chi connectivity index (χ0n) is 12.2. The highest BCUT2D eigenvalue weighted by atomic mass is 16.6. The van der Waals surface area contributed by atoms with Gasteiger partial charge in [-0.1, -0.05) is 13.8 Å². The molecule has 1 atom stereocenters. The summed E-state index contributed by atoms with van der Waals surface area (Å²) in [5.41, 5.74) is -0.173. The highest BCUT2D eigenvalue weighted by molar-refractivity contribution is 5.58. The molecule has 1 rings (SSSR count). The van der Waals surface area contributed by atoms with Crippen LogP contribution in [0.25, 0.3) is 0 Å². The Bertz CT molecular complexity index is 460. The first-order chi connectivity index (χ1) is 9.39. The molecule has 0 aromatic heterocycles. The molecule has 0 radical (unpaired) electrons. The fraction of sp³-hybridized carbons (Fsp3) is 0.571. The van der Waals surface area contributed by atoms with Crippen molar-refractivity contribution in [2.75, 3.05) is 18.5 Å². The third kappa shape index (κ3) is 4.70. The molecule has 112 valence electrons. The van der Waals surface area contributed by atoms with Gasteiger partial charge < -0.3 is 15.2 Å². The standard InChI is InChI=1S/C14H22N2O4/c1-4-8-20-13-9-11(6-7-12(13)16(18)19)15-10-14(3,17)5-2/h6-7,9,15,17H,4-5,8,10H2,1-3H3. The molecule has 6 heteroatoms. The summed E-state index contributed by atoms with van der Waals surface area (Å²) in [6.45, 7) is 6.37. The van der Waals surface area contributed by atoms with Gasteiger partial charge >= 0.3 is 5.69 Å². The van der Waals surface area contributed by atoms with Crippen molar-refractivity contribution < 1.29 is 14.8 Å². The summed E-state index contributed by atoms with van der Waals surface area (Å²) in [6.07, 6.45) is 1.39. The second kappa shape index (κ2) is 7.09. The number of rotatable bonds is 8. The highest BCUT2D eigenvalue weighted by Gasteiger charge is 2.19. The molecule has 0 bridgehead atoms. The van der Waals surface area contributed by atoms with Crippen LogP contribution in [-0.4, -0.2) is 28.8 Å². The largest absolute Gasteiger partial charge is 0.487 e.